The van der Waals surface area contributed by atoms with Crippen molar-refractivity contribution >= 4 is 17.7 Å². The number of carbonyl (C=O) groups excluding carboxylic acids is 3. The van der Waals surface area contributed by atoms with Gasteiger partial charge >= 0.3 is 0 Å². The Hall–Kier alpha value is -3.14. The monoisotopic (exact) mass is 464 g/mol. The van der Waals surface area contributed by atoms with Gasteiger partial charge in [-0.2, -0.15) is 5.26 Å². The molecule has 0 saturated carbocycles. The number of carbonyl (C=O) groups is 3. The Bertz CT molecular complexity index is 969. The molecule has 7 nitrogen and oxygen atoms in total. The van der Waals surface area contributed by atoms with E-state index in [1.54, 1.807) is 36.1 Å². The molecular weight excluding hydrogens is 428 g/mol. The first-order valence-corrected chi connectivity index (χ1v) is 12.2. The van der Waals surface area contributed by atoms with Crippen molar-refractivity contribution in [3.8, 4) is 6.07 Å². The Balaban J connectivity index is 1.59. The number of hydrogen-bond donors (Lipinski definition) is 1. The zero-order valence-electron chi connectivity index (χ0n) is 20.7. The van der Waals surface area contributed by atoms with Crippen LogP contribution in [0.2, 0.25) is 0 Å². The van der Waals surface area contributed by atoms with Crippen LogP contribution >= 0.6 is 0 Å². The van der Waals surface area contributed by atoms with E-state index in [0.29, 0.717) is 62.1 Å². The lowest BCUT2D eigenvalue weighted by molar-refractivity contribution is -0.139. The van der Waals surface area contributed by atoms with Crippen LogP contribution < -0.4 is 5.32 Å². The van der Waals surface area contributed by atoms with E-state index >= 15 is 0 Å². The van der Waals surface area contributed by atoms with Crippen LogP contribution in [-0.4, -0.2) is 60.2 Å². The topological polar surface area (TPSA) is 93.5 Å². The molecule has 7 heteroatoms. The van der Waals surface area contributed by atoms with Gasteiger partial charge < -0.3 is 15.1 Å². The summed E-state index contributed by atoms with van der Waals surface area (Å²) in [5.74, 6) is 1.31. The normalized spacial score (nSPS) is 22.7. The molecule has 1 saturated heterocycles. The van der Waals surface area contributed by atoms with Gasteiger partial charge in [-0.05, 0) is 61.3 Å². The molecule has 3 amide bonds. The number of nitrogens with zero attached hydrogens (tertiary/aromatic N) is 3. The Labute approximate surface area is 202 Å². The highest BCUT2D eigenvalue weighted by Gasteiger charge is 2.34. The molecule has 1 aromatic rings. The standard InChI is InChI=1S/C27H36N4O3/c1-18(2)25-14-23(15-26(33)31-11-9-30(10-12-31)20(4)32)19(3)13-24(25)17-29-27(34)22-7-5-21(16-28)6-8-22/h5-8,13,18,23-25H,9-12,14-15,17H2,1-4H3,(H,29,34)/t23-,24-,25-/m0/s1. The lowest BCUT2D eigenvalue weighted by atomic mass is 9.69. The van der Waals surface area contributed by atoms with Crippen molar-refractivity contribution in [2.75, 3.05) is 32.7 Å². The maximum atomic E-state index is 13.0. The third-order valence-electron chi connectivity index (χ3n) is 7.36. The summed E-state index contributed by atoms with van der Waals surface area (Å²) in [4.78, 5) is 40.8. The maximum Gasteiger partial charge on any atom is 0.251 e. The van der Waals surface area contributed by atoms with Crippen LogP contribution in [0.4, 0.5) is 0 Å². The fourth-order valence-corrected chi connectivity index (χ4v) is 5.13. The second-order valence-electron chi connectivity index (χ2n) is 9.91. The highest BCUT2D eigenvalue weighted by molar-refractivity contribution is 5.94. The van der Waals surface area contributed by atoms with Crippen LogP contribution in [0.3, 0.4) is 0 Å². The summed E-state index contributed by atoms with van der Waals surface area (Å²) in [6.07, 6.45) is 3.67. The van der Waals surface area contributed by atoms with Crippen LogP contribution in [0.25, 0.3) is 0 Å². The van der Waals surface area contributed by atoms with Gasteiger partial charge in [0.1, 0.15) is 0 Å². The van der Waals surface area contributed by atoms with E-state index in [4.69, 9.17) is 5.26 Å². The van der Waals surface area contributed by atoms with Crippen molar-refractivity contribution in [3.05, 3.63) is 47.0 Å². The molecule has 1 aliphatic carbocycles. The van der Waals surface area contributed by atoms with E-state index in [9.17, 15) is 14.4 Å². The van der Waals surface area contributed by atoms with E-state index in [1.165, 1.54) is 5.57 Å². The molecule has 0 spiro atoms. The summed E-state index contributed by atoms with van der Waals surface area (Å²) < 4.78 is 0. The highest BCUT2D eigenvalue weighted by Crippen LogP contribution is 2.39. The first-order chi connectivity index (χ1) is 16.2. The van der Waals surface area contributed by atoms with Gasteiger partial charge in [-0.1, -0.05) is 25.5 Å². The SMILES string of the molecule is CC(=O)N1CCN(C(=O)C[C@@H]2C[C@@H](C(C)C)[C@H](CNC(=O)c3ccc(C#N)cc3)C=C2C)CC1. The summed E-state index contributed by atoms with van der Waals surface area (Å²) in [6, 6.07) is 8.71. The smallest absolute Gasteiger partial charge is 0.251 e. The van der Waals surface area contributed by atoms with Crippen molar-refractivity contribution in [2.45, 2.75) is 40.5 Å². The molecule has 3 rings (SSSR count). The number of rotatable bonds is 6. The maximum absolute atomic E-state index is 13.0. The molecule has 0 bridgehead atoms. The molecule has 1 heterocycles. The Kier molecular flexibility index (Phi) is 8.49. The number of hydrogen-bond acceptors (Lipinski definition) is 4. The molecule has 0 aromatic heterocycles. The zero-order valence-corrected chi connectivity index (χ0v) is 20.7. The van der Waals surface area contributed by atoms with Crippen LogP contribution in [0, 0.1) is 35.0 Å². The molecule has 1 aliphatic heterocycles. The summed E-state index contributed by atoms with van der Waals surface area (Å²) in [5.41, 5.74) is 2.29. The van der Waals surface area contributed by atoms with Crippen molar-refractivity contribution < 1.29 is 14.4 Å². The van der Waals surface area contributed by atoms with Gasteiger partial charge in [-0.15, -0.1) is 0 Å². The average Bonchev–Trinajstić information content (AvgIpc) is 2.83. The zero-order chi connectivity index (χ0) is 24.8. The summed E-state index contributed by atoms with van der Waals surface area (Å²) >= 11 is 0. The summed E-state index contributed by atoms with van der Waals surface area (Å²) in [7, 11) is 0. The van der Waals surface area contributed by atoms with Crippen LogP contribution in [-0.2, 0) is 9.59 Å². The van der Waals surface area contributed by atoms with Gasteiger partial charge in [0.05, 0.1) is 11.6 Å². The number of nitrogens with one attached hydrogen (secondary N) is 1. The highest BCUT2D eigenvalue weighted by atomic mass is 16.2. The molecule has 1 fully saturated rings. The molecule has 182 valence electrons. The third kappa shape index (κ3) is 6.25. The molecule has 34 heavy (non-hydrogen) atoms. The number of nitriles is 1. The Morgan fingerprint density at radius 3 is 2.26 bits per heavy atom. The van der Waals surface area contributed by atoms with Gasteiger partial charge in [-0.25, -0.2) is 0 Å². The second-order valence-corrected chi connectivity index (χ2v) is 9.91. The van der Waals surface area contributed by atoms with Crippen LogP contribution in [0.15, 0.2) is 35.9 Å². The number of benzene rings is 1. The number of allylic oxidation sites excluding steroid dienone is 1. The van der Waals surface area contributed by atoms with Gasteiger partial charge in [0, 0.05) is 51.6 Å². The summed E-state index contributed by atoms with van der Waals surface area (Å²) in [5, 5.41) is 12.0. The van der Waals surface area contributed by atoms with E-state index < -0.39 is 0 Å². The fraction of sp³-hybridized carbons (Fsp3) is 0.556. The van der Waals surface area contributed by atoms with Gasteiger partial charge in [0.25, 0.3) is 5.91 Å². The predicted octanol–water partition coefficient (Wildman–Crippen LogP) is 3.22. The first kappa shape index (κ1) is 25.5. The van der Waals surface area contributed by atoms with E-state index in [2.05, 4.69) is 38.2 Å². The average molecular weight is 465 g/mol. The lowest BCUT2D eigenvalue weighted by Gasteiger charge is -2.39. The fourth-order valence-electron chi connectivity index (χ4n) is 5.13. The van der Waals surface area contributed by atoms with Crippen LogP contribution in [0.1, 0.15) is 56.5 Å². The van der Waals surface area contributed by atoms with E-state index in [-0.39, 0.29) is 29.6 Å². The third-order valence-corrected chi connectivity index (χ3v) is 7.36. The Morgan fingerprint density at radius 1 is 1.09 bits per heavy atom. The molecular formula is C27H36N4O3. The quantitative estimate of drug-likeness (QED) is 0.654. The molecule has 0 radical (unpaired) electrons. The minimum atomic E-state index is -0.139. The molecule has 0 unspecified atom stereocenters. The van der Waals surface area contributed by atoms with Gasteiger partial charge in [0.2, 0.25) is 11.8 Å². The molecule has 2 aliphatic rings. The van der Waals surface area contributed by atoms with Crippen molar-refractivity contribution in [1.29, 1.82) is 5.26 Å². The largest absolute Gasteiger partial charge is 0.351 e. The lowest BCUT2D eigenvalue weighted by Crippen LogP contribution is -2.50. The minimum Gasteiger partial charge on any atom is -0.351 e. The van der Waals surface area contributed by atoms with Gasteiger partial charge in [-0.3, -0.25) is 14.4 Å². The number of amides is 3. The second kappa shape index (κ2) is 11.3. The molecule has 3 atom stereocenters. The van der Waals surface area contributed by atoms with Gasteiger partial charge in [0.15, 0.2) is 0 Å². The van der Waals surface area contributed by atoms with Crippen molar-refractivity contribution in [2.24, 2.45) is 23.7 Å². The van der Waals surface area contributed by atoms with Crippen molar-refractivity contribution in [3.63, 3.8) is 0 Å². The van der Waals surface area contributed by atoms with Crippen molar-refractivity contribution in [1.82, 2.24) is 15.1 Å². The number of piperazine rings is 1. The molecule has 1 aromatic carbocycles. The first-order valence-electron chi connectivity index (χ1n) is 12.2. The van der Waals surface area contributed by atoms with E-state index in [0.717, 1.165) is 6.42 Å². The van der Waals surface area contributed by atoms with Crippen LogP contribution in [0.5, 0.6) is 0 Å². The van der Waals surface area contributed by atoms with E-state index in [1.807, 2.05) is 4.90 Å². The minimum absolute atomic E-state index is 0.0650. The summed E-state index contributed by atoms with van der Waals surface area (Å²) in [6.45, 7) is 11.0. The predicted molar refractivity (Wildman–Crippen MR) is 131 cm³/mol. The molecule has 1 N–H and O–H groups in total. The Morgan fingerprint density at radius 2 is 1.71 bits per heavy atom.